The Labute approximate surface area is 100 Å². The Balaban J connectivity index is 2.40. The summed E-state index contributed by atoms with van der Waals surface area (Å²) >= 11 is 0. The highest BCUT2D eigenvalue weighted by Gasteiger charge is 2.19. The first-order valence-electron chi connectivity index (χ1n) is 5.52. The summed E-state index contributed by atoms with van der Waals surface area (Å²) in [5.74, 6) is 0.554. The Kier molecular flexibility index (Phi) is 2.84. The first-order chi connectivity index (χ1) is 8.00. The Morgan fingerprint density at radius 1 is 1.29 bits per heavy atom. The van der Waals surface area contributed by atoms with E-state index in [0.717, 1.165) is 17.5 Å². The van der Waals surface area contributed by atoms with Crippen molar-refractivity contribution < 1.29 is 9.21 Å². The molecule has 1 aromatic heterocycles. The van der Waals surface area contributed by atoms with Crippen LogP contribution in [0, 0.1) is 0 Å². The molecule has 0 saturated heterocycles. The predicted octanol–water partition coefficient (Wildman–Crippen LogP) is 3.45. The van der Waals surface area contributed by atoms with Crippen molar-refractivity contribution in [2.75, 3.05) is 0 Å². The van der Waals surface area contributed by atoms with Gasteiger partial charge in [-0.3, -0.25) is 4.79 Å². The van der Waals surface area contributed by atoms with Gasteiger partial charge in [0.25, 0.3) is 0 Å². The van der Waals surface area contributed by atoms with Crippen LogP contribution in [0.4, 0.5) is 0 Å². The maximum Gasteiger partial charge on any atom is 0.226 e. The van der Waals surface area contributed by atoms with Crippen LogP contribution in [0.1, 0.15) is 36.8 Å². The molecule has 0 atom stereocenters. The number of hydrogen-bond donors (Lipinski definition) is 0. The fourth-order valence-corrected chi connectivity index (χ4v) is 1.50. The number of nitrogens with zero attached hydrogens (tertiary/aromatic N) is 1. The number of aldehydes is 1. The summed E-state index contributed by atoms with van der Waals surface area (Å²) in [4.78, 5) is 15.1. The highest BCUT2D eigenvalue weighted by molar-refractivity contribution is 5.77. The van der Waals surface area contributed by atoms with Crippen molar-refractivity contribution in [3.05, 3.63) is 41.8 Å². The third kappa shape index (κ3) is 2.44. The number of carbonyl (C=O) groups is 1. The summed E-state index contributed by atoms with van der Waals surface area (Å²) in [5.41, 5.74) is 2.32. The van der Waals surface area contributed by atoms with Gasteiger partial charge in [-0.25, -0.2) is 4.98 Å². The van der Waals surface area contributed by atoms with Gasteiger partial charge in [0.15, 0.2) is 0 Å². The van der Waals surface area contributed by atoms with Crippen LogP contribution in [0.25, 0.3) is 11.5 Å². The van der Waals surface area contributed by atoms with Gasteiger partial charge in [0.2, 0.25) is 5.89 Å². The molecule has 0 unspecified atom stereocenters. The number of carbonyl (C=O) groups excluding carboxylic acids is 1. The molecule has 1 aromatic carbocycles. The smallest absolute Gasteiger partial charge is 0.226 e. The molecule has 17 heavy (non-hydrogen) atoms. The highest BCUT2D eigenvalue weighted by Crippen LogP contribution is 2.26. The molecule has 0 spiro atoms. The van der Waals surface area contributed by atoms with Gasteiger partial charge in [0.05, 0.1) is 5.69 Å². The van der Waals surface area contributed by atoms with E-state index in [-0.39, 0.29) is 5.41 Å². The number of hydrogen-bond acceptors (Lipinski definition) is 3. The highest BCUT2D eigenvalue weighted by atomic mass is 16.3. The lowest BCUT2D eigenvalue weighted by molar-refractivity contribution is 0.112. The lowest BCUT2D eigenvalue weighted by Gasteiger charge is -2.12. The molecule has 0 fully saturated rings. The summed E-state index contributed by atoms with van der Waals surface area (Å²) in [6.07, 6.45) is 2.49. The van der Waals surface area contributed by atoms with Crippen LogP contribution in [0.2, 0.25) is 0 Å². The zero-order chi connectivity index (χ0) is 12.5. The third-order valence-electron chi connectivity index (χ3n) is 2.54. The lowest BCUT2D eigenvalue weighted by atomic mass is 9.93. The number of benzene rings is 1. The number of rotatable bonds is 2. The first-order valence-corrected chi connectivity index (χ1v) is 5.52. The molecule has 0 amide bonds. The van der Waals surface area contributed by atoms with Gasteiger partial charge in [0.1, 0.15) is 12.5 Å². The fourth-order valence-electron chi connectivity index (χ4n) is 1.50. The van der Waals surface area contributed by atoms with Crippen molar-refractivity contribution in [2.24, 2.45) is 0 Å². The van der Waals surface area contributed by atoms with Crippen molar-refractivity contribution in [3.63, 3.8) is 0 Å². The van der Waals surface area contributed by atoms with Gasteiger partial charge < -0.3 is 4.42 Å². The summed E-state index contributed by atoms with van der Waals surface area (Å²) < 4.78 is 5.45. The molecule has 0 radical (unpaired) electrons. The van der Waals surface area contributed by atoms with E-state index >= 15 is 0 Å². The second kappa shape index (κ2) is 4.17. The average Bonchev–Trinajstić information content (AvgIpc) is 2.78. The molecule has 0 aliphatic heterocycles. The summed E-state index contributed by atoms with van der Waals surface area (Å²) in [6.45, 7) is 6.24. The Bertz CT molecular complexity index is 535. The zero-order valence-corrected chi connectivity index (χ0v) is 10.2. The maximum atomic E-state index is 10.7. The predicted molar refractivity (Wildman–Crippen MR) is 66.0 cm³/mol. The molecule has 0 aliphatic rings. The van der Waals surface area contributed by atoms with E-state index in [9.17, 15) is 4.79 Å². The second-order valence-electron chi connectivity index (χ2n) is 5.03. The van der Waals surface area contributed by atoms with E-state index in [0.29, 0.717) is 11.5 Å². The monoisotopic (exact) mass is 229 g/mol. The third-order valence-corrected chi connectivity index (χ3v) is 2.54. The van der Waals surface area contributed by atoms with Crippen LogP contribution in [0.3, 0.4) is 0 Å². The van der Waals surface area contributed by atoms with E-state index in [2.05, 4.69) is 25.8 Å². The summed E-state index contributed by atoms with van der Waals surface area (Å²) in [5, 5.41) is 0. The average molecular weight is 229 g/mol. The van der Waals surface area contributed by atoms with Crippen LogP contribution in [-0.4, -0.2) is 11.3 Å². The van der Waals surface area contributed by atoms with Crippen molar-refractivity contribution >= 4 is 6.29 Å². The van der Waals surface area contributed by atoms with Gasteiger partial charge in [0, 0.05) is 16.5 Å². The minimum Gasteiger partial charge on any atom is -0.444 e. The summed E-state index contributed by atoms with van der Waals surface area (Å²) in [7, 11) is 0. The molecule has 0 saturated carbocycles. The molecule has 3 nitrogen and oxygen atoms in total. The fraction of sp³-hybridized carbons (Fsp3) is 0.286. The Morgan fingerprint density at radius 3 is 2.65 bits per heavy atom. The van der Waals surface area contributed by atoms with Crippen LogP contribution in [0.15, 0.2) is 34.9 Å². The number of oxazole rings is 1. The molecule has 88 valence electrons. The molecule has 2 rings (SSSR count). The molecular weight excluding hydrogens is 214 g/mol. The topological polar surface area (TPSA) is 43.1 Å². The van der Waals surface area contributed by atoms with Gasteiger partial charge in [-0.1, -0.05) is 32.9 Å². The quantitative estimate of drug-likeness (QED) is 0.741. The van der Waals surface area contributed by atoms with E-state index in [1.807, 2.05) is 12.1 Å². The van der Waals surface area contributed by atoms with Crippen molar-refractivity contribution in [1.29, 1.82) is 0 Å². The van der Waals surface area contributed by atoms with Crippen molar-refractivity contribution in [3.8, 4) is 11.5 Å². The van der Waals surface area contributed by atoms with Crippen LogP contribution in [0.5, 0.6) is 0 Å². The molecular formula is C14H15NO2. The minimum atomic E-state index is -0.0377. The van der Waals surface area contributed by atoms with E-state index in [1.54, 1.807) is 18.4 Å². The van der Waals surface area contributed by atoms with Crippen LogP contribution in [-0.2, 0) is 5.41 Å². The van der Waals surface area contributed by atoms with E-state index < -0.39 is 0 Å². The molecule has 3 heteroatoms. The van der Waals surface area contributed by atoms with Crippen LogP contribution >= 0.6 is 0 Å². The SMILES string of the molecule is CC(C)(C)c1coc(-c2cccc(C=O)c2)n1. The molecule has 0 N–H and O–H groups in total. The maximum absolute atomic E-state index is 10.7. The van der Waals surface area contributed by atoms with Gasteiger partial charge >= 0.3 is 0 Å². The van der Waals surface area contributed by atoms with Crippen molar-refractivity contribution in [2.45, 2.75) is 26.2 Å². The van der Waals surface area contributed by atoms with E-state index in [1.165, 1.54) is 0 Å². The van der Waals surface area contributed by atoms with Crippen molar-refractivity contribution in [1.82, 2.24) is 4.98 Å². The van der Waals surface area contributed by atoms with E-state index in [4.69, 9.17) is 4.42 Å². The summed E-state index contributed by atoms with van der Waals surface area (Å²) in [6, 6.07) is 7.22. The zero-order valence-electron chi connectivity index (χ0n) is 10.2. The minimum absolute atomic E-state index is 0.0377. The van der Waals surface area contributed by atoms with Gasteiger partial charge in [-0.05, 0) is 12.1 Å². The first kappa shape index (κ1) is 11.6. The molecule has 0 aliphatic carbocycles. The number of aromatic nitrogens is 1. The standard InChI is InChI=1S/C14H15NO2/c1-14(2,3)12-9-17-13(15-12)11-6-4-5-10(7-11)8-16/h4-9H,1-3H3. The Hall–Kier alpha value is -1.90. The lowest BCUT2D eigenvalue weighted by Crippen LogP contribution is -2.11. The molecule has 0 bridgehead atoms. The van der Waals surface area contributed by atoms with Gasteiger partial charge in [-0.15, -0.1) is 0 Å². The Morgan fingerprint density at radius 2 is 2.06 bits per heavy atom. The molecule has 1 heterocycles. The largest absolute Gasteiger partial charge is 0.444 e. The van der Waals surface area contributed by atoms with Gasteiger partial charge in [-0.2, -0.15) is 0 Å². The normalized spacial score (nSPS) is 11.5. The second-order valence-corrected chi connectivity index (χ2v) is 5.03. The van der Waals surface area contributed by atoms with Crippen LogP contribution < -0.4 is 0 Å². The molecule has 2 aromatic rings.